The van der Waals surface area contributed by atoms with Crippen molar-refractivity contribution in [3.8, 4) is 0 Å². The third-order valence-corrected chi connectivity index (χ3v) is 6.61. The maximum absolute atomic E-state index is 12.0. The summed E-state index contributed by atoms with van der Waals surface area (Å²) in [5, 5.41) is 3.28. The first-order valence-electron chi connectivity index (χ1n) is 10.3. The Balaban J connectivity index is 1.36. The molecule has 3 heteroatoms. The van der Waals surface area contributed by atoms with E-state index in [2.05, 4.69) is 40.5 Å². The highest BCUT2D eigenvalue weighted by Crippen LogP contribution is 2.40. The molecule has 1 N–H and O–H groups in total. The van der Waals surface area contributed by atoms with Crippen LogP contribution in [0.25, 0.3) is 0 Å². The minimum Gasteiger partial charge on any atom is -0.353 e. The van der Waals surface area contributed by atoms with Gasteiger partial charge < -0.3 is 10.2 Å². The van der Waals surface area contributed by atoms with Crippen LogP contribution in [0.5, 0.6) is 0 Å². The Labute approximate surface area is 152 Å². The van der Waals surface area contributed by atoms with E-state index in [1.807, 2.05) is 0 Å². The molecule has 1 heterocycles. The fraction of sp³-hybridized carbons (Fsp3) is 0.682. The van der Waals surface area contributed by atoms with Gasteiger partial charge in [-0.05, 0) is 44.1 Å². The molecule has 4 rings (SSSR count). The zero-order valence-electron chi connectivity index (χ0n) is 15.4. The molecule has 2 aliphatic carbocycles. The number of carbonyl (C=O) groups is 1. The Kier molecular flexibility index (Phi) is 5.12. The topological polar surface area (TPSA) is 32.3 Å². The number of nitrogens with one attached hydrogen (secondary N) is 1. The van der Waals surface area contributed by atoms with E-state index in [1.54, 1.807) is 5.56 Å². The number of benzene rings is 1. The smallest absolute Gasteiger partial charge is 0.223 e. The van der Waals surface area contributed by atoms with Crippen LogP contribution in [0.1, 0.15) is 63.4 Å². The first-order valence-corrected chi connectivity index (χ1v) is 10.3. The van der Waals surface area contributed by atoms with Crippen molar-refractivity contribution in [1.82, 2.24) is 10.2 Å². The van der Waals surface area contributed by atoms with Gasteiger partial charge >= 0.3 is 0 Å². The number of carbonyl (C=O) groups excluding carboxylic acids is 1. The van der Waals surface area contributed by atoms with Crippen LogP contribution in [0.3, 0.4) is 0 Å². The van der Waals surface area contributed by atoms with Crippen molar-refractivity contribution < 1.29 is 4.79 Å². The van der Waals surface area contributed by atoms with Crippen LogP contribution in [0, 0.1) is 5.92 Å². The molecule has 1 aromatic rings. The molecule has 25 heavy (non-hydrogen) atoms. The lowest BCUT2D eigenvalue weighted by Crippen LogP contribution is -2.49. The van der Waals surface area contributed by atoms with E-state index in [0.717, 1.165) is 38.8 Å². The molecular formula is C22H32N2O. The van der Waals surface area contributed by atoms with Gasteiger partial charge in [0.1, 0.15) is 0 Å². The van der Waals surface area contributed by atoms with E-state index in [-0.39, 0.29) is 0 Å². The first-order chi connectivity index (χ1) is 12.3. The number of hydrogen-bond donors (Lipinski definition) is 1. The Morgan fingerprint density at radius 2 is 1.68 bits per heavy atom. The van der Waals surface area contributed by atoms with Crippen molar-refractivity contribution in [2.24, 2.45) is 5.92 Å². The van der Waals surface area contributed by atoms with E-state index >= 15 is 0 Å². The molecule has 2 saturated carbocycles. The summed E-state index contributed by atoms with van der Waals surface area (Å²) in [6, 6.07) is 11.6. The zero-order valence-corrected chi connectivity index (χ0v) is 15.4. The molecule has 1 saturated heterocycles. The lowest BCUT2D eigenvalue weighted by molar-refractivity contribution is -0.123. The largest absolute Gasteiger partial charge is 0.353 e. The normalized spacial score (nSPS) is 24.8. The van der Waals surface area contributed by atoms with Gasteiger partial charge in [0.15, 0.2) is 0 Å². The van der Waals surface area contributed by atoms with Crippen molar-refractivity contribution in [3.05, 3.63) is 35.9 Å². The lowest BCUT2D eigenvalue weighted by Gasteiger charge is -2.44. The van der Waals surface area contributed by atoms with Crippen molar-refractivity contribution in [1.29, 1.82) is 0 Å². The summed E-state index contributed by atoms with van der Waals surface area (Å²) in [5.41, 5.74) is 1.89. The highest BCUT2D eigenvalue weighted by Gasteiger charge is 2.37. The summed E-state index contributed by atoms with van der Waals surface area (Å²) in [7, 11) is 0. The molecule has 3 nitrogen and oxygen atoms in total. The van der Waals surface area contributed by atoms with Crippen molar-refractivity contribution in [2.45, 2.75) is 69.2 Å². The predicted octanol–water partition coefficient (Wildman–Crippen LogP) is 3.88. The van der Waals surface area contributed by atoms with Crippen molar-refractivity contribution in [3.63, 3.8) is 0 Å². The summed E-state index contributed by atoms with van der Waals surface area (Å²) in [6.45, 7) is 3.45. The molecule has 0 unspecified atom stereocenters. The molecule has 0 bridgehead atoms. The quantitative estimate of drug-likeness (QED) is 0.882. The number of likely N-dealkylation sites (tertiary alicyclic amines) is 1. The van der Waals surface area contributed by atoms with Crippen molar-refractivity contribution in [2.75, 3.05) is 19.6 Å². The summed E-state index contributed by atoms with van der Waals surface area (Å²) < 4.78 is 0. The van der Waals surface area contributed by atoms with E-state index in [0.29, 0.717) is 23.3 Å². The molecule has 3 fully saturated rings. The highest BCUT2D eigenvalue weighted by molar-refractivity contribution is 5.81. The molecule has 1 aliphatic heterocycles. The second-order valence-corrected chi connectivity index (χ2v) is 8.54. The summed E-state index contributed by atoms with van der Waals surface area (Å²) in [6.07, 6.45) is 11.2. The maximum atomic E-state index is 12.0. The number of hydrogen-bond acceptors (Lipinski definition) is 2. The van der Waals surface area contributed by atoms with Crippen LogP contribution in [-0.2, 0) is 10.2 Å². The molecule has 3 aliphatic rings. The van der Waals surface area contributed by atoms with Crippen LogP contribution >= 0.6 is 0 Å². The van der Waals surface area contributed by atoms with Gasteiger partial charge in [-0.1, -0.05) is 49.6 Å². The number of amides is 1. The van der Waals surface area contributed by atoms with Gasteiger partial charge in [0, 0.05) is 37.0 Å². The molecule has 1 amide bonds. The van der Waals surface area contributed by atoms with E-state index in [1.165, 1.54) is 38.6 Å². The fourth-order valence-electron chi connectivity index (χ4n) is 4.89. The Bertz CT molecular complexity index is 567. The van der Waals surface area contributed by atoms with Crippen LogP contribution in [-0.4, -0.2) is 36.5 Å². The van der Waals surface area contributed by atoms with Crippen LogP contribution in [0.4, 0.5) is 0 Å². The zero-order chi connectivity index (χ0) is 17.1. The standard InChI is InChI=1S/C22H32N2O/c25-21(18-9-10-18)23-20-11-15-24(16-12-20)17-22(13-5-2-6-14-22)19-7-3-1-4-8-19/h1,3-4,7-8,18,20H,2,5-6,9-17H2,(H,23,25). The summed E-state index contributed by atoms with van der Waals surface area (Å²) >= 11 is 0. The third kappa shape index (κ3) is 4.08. The van der Waals surface area contributed by atoms with E-state index in [4.69, 9.17) is 0 Å². The third-order valence-electron chi connectivity index (χ3n) is 6.61. The van der Waals surface area contributed by atoms with Gasteiger partial charge in [-0.3, -0.25) is 4.79 Å². The second kappa shape index (κ2) is 7.49. The summed E-state index contributed by atoms with van der Waals surface area (Å²) in [5.74, 6) is 0.646. The van der Waals surface area contributed by atoms with Gasteiger partial charge in [-0.2, -0.15) is 0 Å². The predicted molar refractivity (Wildman–Crippen MR) is 102 cm³/mol. The van der Waals surface area contributed by atoms with E-state index in [9.17, 15) is 4.79 Å². The first kappa shape index (κ1) is 17.1. The highest BCUT2D eigenvalue weighted by atomic mass is 16.2. The molecule has 136 valence electrons. The Hall–Kier alpha value is -1.35. The van der Waals surface area contributed by atoms with Crippen LogP contribution in [0.15, 0.2) is 30.3 Å². The average Bonchev–Trinajstić information content (AvgIpc) is 3.50. The number of piperidine rings is 1. The molecule has 0 spiro atoms. The maximum Gasteiger partial charge on any atom is 0.223 e. The summed E-state index contributed by atoms with van der Waals surface area (Å²) in [4.78, 5) is 14.6. The van der Waals surface area contributed by atoms with Crippen LogP contribution < -0.4 is 5.32 Å². The lowest BCUT2D eigenvalue weighted by atomic mass is 9.69. The van der Waals surface area contributed by atoms with Gasteiger partial charge in [0.25, 0.3) is 0 Å². The molecular weight excluding hydrogens is 308 g/mol. The van der Waals surface area contributed by atoms with Crippen molar-refractivity contribution >= 4 is 5.91 Å². The minimum atomic E-state index is 0.312. The van der Waals surface area contributed by atoms with Gasteiger partial charge in [0.2, 0.25) is 5.91 Å². The fourth-order valence-corrected chi connectivity index (χ4v) is 4.89. The molecule has 0 atom stereocenters. The van der Waals surface area contributed by atoms with Crippen LogP contribution in [0.2, 0.25) is 0 Å². The number of nitrogens with zero attached hydrogens (tertiary/aromatic N) is 1. The monoisotopic (exact) mass is 340 g/mol. The molecule has 0 aromatic heterocycles. The average molecular weight is 341 g/mol. The minimum absolute atomic E-state index is 0.312. The van der Waals surface area contributed by atoms with Gasteiger partial charge in [-0.15, -0.1) is 0 Å². The Morgan fingerprint density at radius 1 is 1.00 bits per heavy atom. The SMILES string of the molecule is O=C(NC1CCN(CC2(c3ccccc3)CCCCC2)CC1)C1CC1. The van der Waals surface area contributed by atoms with Gasteiger partial charge in [0.05, 0.1) is 0 Å². The second-order valence-electron chi connectivity index (χ2n) is 8.54. The molecule has 0 radical (unpaired) electrons. The Morgan fingerprint density at radius 3 is 2.32 bits per heavy atom. The van der Waals surface area contributed by atoms with Gasteiger partial charge in [-0.25, -0.2) is 0 Å². The molecule has 1 aromatic carbocycles. The van der Waals surface area contributed by atoms with E-state index < -0.39 is 0 Å². The number of rotatable bonds is 5.